The van der Waals surface area contributed by atoms with E-state index in [0.717, 1.165) is 5.56 Å². The Hall–Kier alpha value is -2.81. The van der Waals surface area contributed by atoms with Crippen LogP contribution < -0.4 is 20.1 Å². The third-order valence-electron chi connectivity index (χ3n) is 4.21. The largest absolute Gasteiger partial charge is 0.482 e. The molecule has 0 bridgehead atoms. The predicted molar refractivity (Wildman–Crippen MR) is 117 cm³/mol. The first kappa shape index (κ1) is 20.5. The van der Waals surface area contributed by atoms with Crippen LogP contribution in [0.4, 0.5) is 10.8 Å². The number of nitrogens with zero attached hydrogens (tertiary/aromatic N) is 1. The van der Waals surface area contributed by atoms with Crippen molar-refractivity contribution < 1.29 is 19.1 Å². The molecule has 2 N–H and O–H groups in total. The van der Waals surface area contributed by atoms with Crippen molar-refractivity contribution in [2.75, 3.05) is 17.2 Å². The van der Waals surface area contributed by atoms with Gasteiger partial charge in [-0.15, -0.1) is 11.3 Å². The highest BCUT2D eigenvalue weighted by atomic mass is 35.5. The minimum absolute atomic E-state index is 0.202. The number of carbonyl (C=O) groups excluding carboxylic acids is 2. The van der Waals surface area contributed by atoms with E-state index in [9.17, 15) is 9.59 Å². The summed E-state index contributed by atoms with van der Waals surface area (Å²) in [7, 11) is 0. The van der Waals surface area contributed by atoms with E-state index in [1.165, 1.54) is 17.4 Å². The maximum Gasteiger partial charge on any atom is 0.265 e. The van der Waals surface area contributed by atoms with Crippen LogP contribution in [0.15, 0.2) is 41.8 Å². The summed E-state index contributed by atoms with van der Waals surface area (Å²) in [4.78, 5) is 28.4. The van der Waals surface area contributed by atoms with Crippen LogP contribution in [0.5, 0.6) is 11.5 Å². The molecule has 3 aromatic rings. The fraction of sp³-hybridized carbons (Fsp3) is 0.150. The van der Waals surface area contributed by atoms with Crippen LogP contribution in [0, 0.1) is 0 Å². The zero-order valence-electron chi connectivity index (χ0n) is 15.6. The Balaban J connectivity index is 1.40. The van der Waals surface area contributed by atoms with Crippen molar-refractivity contribution in [3.8, 4) is 22.8 Å². The number of thiazole rings is 1. The molecular weight excluding hydrogens is 449 g/mol. The molecule has 1 aliphatic heterocycles. The molecule has 154 valence electrons. The fourth-order valence-electron chi connectivity index (χ4n) is 2.72. The van der Waals surface area contributed by atoms with E-state index < -0.39 is 6.10 Å². The number of nitrogens with one attached hydrogen (secondary N) is 2. The molecular formula is C20H15Cl2N3O4S. The van der Waals surface area contributed by atoms with Gasteiger partial charge in [0.15, 0.2) is 17.8 Å². The molecule has 7 nitrogen and oxygen atoms in total. The van der Waals surface area contributed by atoms with E-state index in [0.29, 0.717) is 38.1 Å². The Morgan fingerprint density at radius 3 is 2.93 bits per heavy atom. The average Bonchev–Trinajstić information content (AvgIpc) is 3.16. The van der Waals surface area contributed by atoms with Crippen LogP contribution in [0.2, 0.25) is 10.0 Å². The maximum absolute atomic E-state index is 12.2. The van der Waals surface area contributed by atoms with Gasteiger partial charge in [-0.25, -0.2) is 4.98 Å². The van der Waals surface area contributed by atoms with Crippen molar-refractivity contribution in [1.29, 1.82) is 0 Å². The van der Waals surface area contributed by atoms with Crippen molar-refractivity contribution in [3.05, 3.63) is 51.8 Å². The van der Waals surface area contributed by atoms with Gasteiger partial charge in [0, 0.05) is 16.0 Å². The van der Waals surface area contributed by atoms with E-state index in [4.69, 9.17) is 32.7 Å². The van der Waals surface area contributed by atoms with Gasteiger partial charge in [-0.1, -0.05) is 23.2 Å². The average molecular weight is 464 g/mol. The van der Waals surface area contributed by atoms with E-state index in [2.05, 4.69) is 15.6 Å². The molecule has 2 amide bonds. The summed E-state index contributed by atoms with van der Waals surface area (Å²) in [5.41, 5.74) is 2.03. The summed E-state index contributed by atoms with van der Waals surface area (Å²) in [6.07, 6.45) is -0.533. The van der Waals surface area contributed by atoms with Crippen molar-refractivity contribution in [2.45, 2.75) is 13.0 Å². The van der Waals surface area contributed by atoms with Gasteiger partial charge in [0.1, 0.15) is 11.5 Å². The van der Waals surface area contributed by atoms with E-state index in [1.807, 2.05) is 11.4 Å². The topological polar surface area (TPSA) is 89.6 Å². The van der Waals surface area contributed by atoms with Crippen molar-refractivity contribution >= 4 is 57.2 Å². The van der Waals surface area contributed by atoms with E-state index in [1.54, 1.807) is 31.2 Å². The third-order valence-corrected chi connectivity index (χ3v) is 5.50. The van der Waals surface area contributed by atoms with Gasteiger partial charge in [-0.3, -0.25) is 14.9 Å². The standard InChI is InChI=1S/C20H15Cl2N3O4S/c1-10-19(27)23-14-6-11(2-4-17(14)29-10)15-9-30-20(24-15)25-18(26)8-28-16-5-3-12(21)7-13(16)22/h2-7,9-10H,8H2,1H3,(H,23,27)(H,24,25,26). The quantitative estimate of drug-likeness (QED) is 0.564. The van der Waals surface area contributed by atoms with Gasteiger partial charge in [-0.2, -0.15) is 0 Å². The SMILES string of the molecule is CC1Oc2ccc(-c3csc(NC(=O)COc4ccc(Cl)cc4Cl)n3)cc2NC1=O. The Morgan fingerprint density at radius 1 is 1.30 bits per heavy atom. The molecule has 10 heteroatoms. The number of aromatic nitrogens is 1. The predicted octanol–water partition coefficient (Wildman–Crippen LogP) is 4.85. The number of anilines is 2. The van der Waals surface area contributed by atoms with Gasteiger partial charge in [0.25, 0.3) is 11.8 Å². The first-order valence-corrected chi connectivity index (χ1v) is 10.5. The normalized spacial score (nSPS) is 15.0. The number of benzene rings is 2. The highest BCUT2D eigenvalue weighted by Gasteiger charge is 2.24. The highest BCUT2D eigenvalue weighted by molar-refractivity contribution is 7.14. The molecule has 0 saturated heterocycles. The number of carbonyl (C=O) groups is 2. The molecule has 4 rings (SSSR count). The summed E-state index contributed by atoms with van der Waals surface area (Å²) < 4.78 is 11.0. The molecule has 0 fully saturated rings. The molecule has 0 radical (unpaired) electrons. The van der Waals surface area contributed by atoms with Gasteiger partial charge in [-0.05, 0) is 43.3 Å². The summed E-state index contributed by atoms with van der Waals surface area (Å²) in [5.74, 6) is 0.394. The lowest BCUT2D eigenvalue weighted by atomic mass is 10.1. The van der Waals surface area contributed by atoms with Gasteiger partial charge in [0.05, 0.1) is 16.4 Å². The minimum atomic E-state index is -0.533. The van der Waals surface area contributed by atoms with Crippen LogP contribution in [0.3, 0.4) is 0 Å². The number of rotatable bonds is 5. The molecule has 1 unspecified atom stereocenters. The van der Waals surface area contributed by atoms with Crippen molar-refractivity contribution in [1.82, 2.24) is 4.98 Å². The summed E-state index contributed by atoms with van der Waals surface area (Å²) in [5, 5.41) is 8.53. The van der Waals surface area contributed by atoms with Crippen LogP contribution in [-0.2, 0) is 9.59 Å². The second-order valence-corrected chi connectivity index (χ2v) is 8.11. The lowest BCUT2D eigenvalue weighted by Crippen LogP contribution is -2.34. The highest BCUT2D eigenvalue weighted by Crippen LogP contribution is 2.35. The van der Waals surface area contributed by atoms with Crippen LogP contribution in [0.1, 0.15) is 6.92 Å². The van der Waals surface area contributed by atoms with Gasteiger partial charge >= 0.3 is 0 Å². The van der Waals surface area contributed by atoms with Crippen LogP contribution in [0.25, 0.3) is 11.3 Å². The fourth-order valence-corrected chi connectivity index (χ4v) is 3.92. The number of ether oxygens (including phenoxy) is 2. The molecule has 2 heterocycles. The number of amides is 2. The second-order valence-electron chi connectivity index (χ2n) is 6.41. The van der Waals surface area contributed by atoms with E-state index >= 15 is 0 Å². The number of halogens is 2. The molecule has 0 aliphatic carbocycles. The van der Waals surface area contributed by atoms with Gasteiger partial charge in [0.2, 0.25) is 0 Å². The van der Waals surface area contributed by atoms with Crippen molar-refractivity contribution in [3.63, 3.8) is 0 Å². The molecule has 30 heavy (non-hydrogen) atoms. The Kier molecular flexibility index (Phi) is 5.80. The molecule has 1 aliphatic rings. The van der Waals surface area contributed by atoms with Crippen molar-refractivity contribution in [2.24, 2.45) is 0 Å². The van der Waals surface area contributed by atoms with Gasteiger partial charge < -0.3 is 14.8 Å². The molecule has 0 spiro atoms. The smallest absolute Gasteiger partial charge is 0.265 e. The van der Waals surface area contributed by atoms with E-state index in [-0.39, 0.29) is 18.4 Å². The van der Waals surface area contributed by atoms with Crippen LogP contribution >= 0.6 is 34.5 Å². The second kappa shape index (κ2) is 8.51. The third kappa shape index (κ3) is 4.51. The Bertz CT molecular complexity index is 1130. The zero-order valence-corrected chi connectivity index (χ0v) is 17.9. The summed E-state index contributed by atoms with van der Waals surface area (Å²) in [6.45, 7) is 1.46. The Labute approximate surface area is 185 Å². The summed E-state index contributed by atoms with van der Waals surface area (Å²) in [6, 6.07) is 10.2. The lowest BCUT2D eigenvalue weighted by molar-refractivity contribution is -0.122. The first-order chi connectivity index (χ1) is 14.4. The lowest BCUT2D eigenvalue weighted by Gasteiger charge is -2.23. The molecule has 0 saturated carbocycles. The molecule has 1 atom stereocenters. The molecule has 2 aromatic carbocycles. The summed E-state index contributed by atoms with van der Waals surface area (Å²) >= 11 is 13.1. The number of fused-ring (bicyclic) bond motifs is 1. The minimum Gasteiger partial charge on any atom is -0.482 e. The number of hydrogen-bond acceptors (Lipinski definition) is 6. The monoisotopic (exact) mass is 463 g/mol. The first-order valence-electron chi connectivity index (χ1n) is 8.84. The molecule has 1 aromatic heterocycles. The zero-order chi connectivity index (χ0) is 21.3. The maximum atomic E-state index is 12.2. The number of hydrogen-bond donors (Lipinski definition) is 2. The van der Waals surface area contributed by atoms with Crippen LogP contribution in [-0.4, -0.2) is 29.5 Å². The Morgan fingerprint density at radius 2 is 2.13 bits per heavy atom.